The number of hydrogen-bond donors (Lipinski definition) is 1. The van der Waals surface area contributed by atoms with Crippen molar-refractivity contribution in [2.75, 3.05) is 19.0 Å². The second-order valence-corrected chi connectivity index (χ2v) is 8.86. The number of carbonyl (C=O) groups is 1. The van der Waals surface area contributed by atoms with Gasteiger partial charge >= 0.3 is 0 Å². The molecule has 3 aromatic rings. The van der Waals surface area contributed by atoms with E-state index in [-0.39, 0.29) is 17.0 Å². The van der Waals surface area contributed by atoms with Crippen molar-refractivity contribution in [2.45, 2.75) is 18.4 Å². The summed E-state index contributed by atoms with van der Waals surface area (Å²) in [4.78, 5) is 12.8. The highest BCUT2D eigenvalue weighted by Crippen LogP contribution is 2.24. The van der Waals surface area contributed by atoms with E-state index in [4.69, 9.17) is 4.74 Å². The van der Waals surface area contributed by atoms with Gasteiger partial charge in [0.2, 0.25) is 15.9 Å². The van der Waals surface area contributed by atoms with Crippen LogP contribution in [-0.4, -0.2) is 32.3 Å². The lowest BCUT2D eigenvalue weighted by Gasteiger charge is -2.22. The Bertz CT molecular complexity index is 1160. The number of rotatable bonds is 8. The SMILES string of the molecule is COc1ccccc1NC(=O)CN(Cc1ccccc1F)S(=O)(=O)c1ccc(C)cc1. The molecule has 0 aromatic heterocycles. The number of benzene rings is 3. The molecular weight excluding hydrogens is 419 g/mol. The van der Waals surface area contributed by atoms with E-state index in [2.05, 4.69) is 5.32 Å². The van der Waals surface area contributed by atoms with Crippen molar-refractivity contribution in [3.8, 4) is 5.75 Å². The number of ether oxygens (including phenoxy) is 1. The van der Waals surface area contributed by atoms with Crippen LogP contribution in [0.25, 0.3) is 0 Å². The third-order valence-corrected chi connectivity index (χ3v) is 6.47. The lowest BCUT2D eigenvalue weighted by Crippen LogP contribution is -2.37. The van der Waals surface area contributed by atoms with Crippen molar-refractivity contribution in [1.82, 2.24) is 4.31 Å². The third kappa shape index (κ3) is 5.48. The molecule has 0 heterocycles. The smallest absolute Gasteiger partial charge is 0.243 e. The molecule has 8 heteroatoms. The summed E-state index contributed by atoms with van der Waals surface area (Å²) in [6, 6.07) is 18.9. The second-order valence-electron chi connectivity index (χ2n) is 6.93. The first-order valence-corrected chi connectivity index (χ1v) is 11.0. The molecule has 0 saturated heterocycles. The van der Waals surface area contributed by atoms with Crippen LogP contribution in [0, 0.1) is 12.7 Å². The highest BCUT2D eigenvalue weighted by Gasteiger charge is 2.28. The molecule has 0 fully saturated rings. The van der Waals surface area contributed by atoms with Crippen molar-refractivity contribution >= 4 is 21.6 Å². The fourth-order valence-electron chi connectivity index (χ4n) is 3.00. The summed E-state index contributed by atoms with van der Waals surface area (Å²) >= 11 is 0. The van der Waals surface area contributed by atoms with Crippen LogP contribution < -0.4 is 10.1 Å². The van der Waals surface area contributed by atoms with Crippen LogP contribution in [0.4, 0.5) is 10.1 Å². The number of anilines is 1. The molecule has 0 saturated carbocycles. The van der Waals surface area contributed by atoms with Crippen LogP contribution in [0.5, 0.6) is 5.75 Å². The summed E-state index contributed by atoms with van der Waals surface area (Å²) in [5.41, 5.74) is 1.48. The predicted molar refractivity (Wildman–Crippen MR) is 117 cm³/mol. The van der Waals surface area contributed by atoms with E-state index in [0.29, 0.717) is 11.4 Å². The monoisotopic (exact) mass is 442 g/mol. The second kappa shape index (κ2) is 9.72. The average Bonchev–Trinajstić information content (AvgIpc) is 2.75. The Hall–Kier alpha value is -3.23. The first-order valence-electron chi connectivity index (χ1n) is 9.54. The molecule has 3 rings (SSSR count). The maximum atomic E-state index is 14.2. The zero-order valence-corrected chi connectivity index (χ0v) is 18.0. The Morgan fingerprint density at radius 2 is 1.65 bits per heavy atom. The van der Waals surface area contributed by atoms with E-state index in [0.717, 1.165) is 9.87 Å². The van der Waals surface area contributed by atoms with Crippen molar-refractivity contribution in [1.29, 1.82) is 0 Å². The van der Waals surface area contributed by atoms with Gasteiger partial charge in [0.15, 0.2) is 0 Å². The van der Waals surface area contributed by atoms with E-state index in [9.17, 15) is 17.6 Å². The zero-order chi connectivity index (χ0) is 22.4. The topological polar surface area (TPSA) is 75.7 Å². The quantitative estimate of drug-likeness (QED) is 0.573. The van der Waals surface area contributed by atoms with E-state index >= 15 is 0 Å². The van der Waals surface area contributed by atoms with Crippen LogP contribution in [0.15, 0.2) is 77.7 Å². The number of carbonyl (C=O) groups excluding carboxylic acids is 1. The fraction of sp³-hybridized carbons (Fsp3) is 0.174. The number of para-hydroxylation sites is 2. The Morgan fingerprint density at radius 1 is 1.00 bits per heavy atom. The van der Waals surface area contributed by atoms with Crippen molar-refractivity contribution in [3.05, 3.63) is 89.7 Å². The van der Waals surface area contributed by atoms with Gasteiger partial charge in [0.05, 0.1) is 24.2 Å². The Labute approximate surface area is 181 Å². The van der Waals surface area contributed by atoms with Gasteiger partial charge < -0.3 is 10.1 Å². The summed E-state index contributed by atoms with van der Waals surface area (Å²) < 4.78 is 46.9. The molecule has 1 amide bonds. The molecule has 31 heavy (non-hydrogen) atoms. The molecule has 0 radical (unpaired) electrons. The minimum absolute atomic E-state index is 0.0273. The number of nitrogens with one attached hydrogen (secondary N) is 1. The average molecular weight is 443 g/mol. The molecule has 0 unspecified atom stereocenters. The first kappa shape index (κ1) is 22.5. The summed E-state index contributed by atoms with van der Waals surface area (Å²) in [5.74, 6) is -0.675. The van der Waals surface area contributed by atoms with Gasteiger partial charge in [-0.25, -0.2) is 12.8 Å². The van der Waals surface area contributed by atoms with Crippen molar-refractivity contribution in [3.63, 3.8) is 0 Å². The molecule has 0 spiro atoms. The number of amides is 1. The number of aryl methyl sites for hydroxylation is 1. The minimum atomic E-state index is -4.06. The highest BCUT2D eigenvalue weighted by atomic mass is 32.2. The summed E-state index contributed by atoms with van der Waals surface area (Å²) in [5, 5.41) is 2.66. The minimum Gasteiger partial charge on any atom is -0.495 e. The molecule has 6 nitrogen and oxygen atoms in total. The number of nitrogens with zero attached hydrogens (tertiary/aromatic N) is 1. The maximum Gasteiger partial charge on any atom is 0.243 e. The fourth-order valence-corrected chi connectivity index (χ4v) is 4.37. The lowest BCUT2D eigenvalue weighted by molar-refractivity contribution is -0.116. The number of sulfonamides is 1. The van der Waals surface area contributed by atoms with Crippen molar-refractivity contribution < 1.29 is 22.3 Å². The van der Waals surface area contributed by atoms with Crippen LogP contribution in [-0.2, 0) is 21.4 Å². The standard InChI is InChI=1S/C23H23FN2O4S/c1-17-11-13-19(14-12-17)31(28,29)26(15-18-7-3-4-8-20(18)24)16-23(27)25-21-9-5-6-10-22(21)30-2/h3-14H,15-16H2,1-2H3,(H,25,27). The zero-order valence-electron chi connectivity index (χ0n) is 17.2. The van der Waals surface area contributed by atoms with Crippen LogP contribution in [0.1, 0.15) is 11.1 Å². The summed E-state index contributed by atoms with van der Waals surface area (Å²) in [6.07, 6.45) is 0. The Kier molecular flexibility index (Phi) is 7.04. The van der Waals surface area contributed by atoms with E-state index in [1.54, 1.807) is 42.5 Å². The molecule has 3 aromatic carbocycles. The predicted octanol–water partition coefficient (Wildman–Crippen LogP) is 3.97. The molecule has 0 aliphatic rings. The van der Waals surface area contributed by atoms with E-state index < -0.39 is 28.3 Å². The molecular formula is C23H23FN2O4S. The van der Waals surface area contributed by atoms with Gasteiger partial charge in [0.25, 0.3) is 0 Å². The number of halogens is 1. The van der Waals surface area contributed by atoms with E-state index in [1.807, 2.05) is 6.92 Å². The molecule has 162 valence electrons. The summed E-state index contributed by atoms with van der Waals surface area (Å²) in [7, 11) is -2.59. The summed E-state index contributed by atoms with van der Waals surface area (Å²) in [6.45, 7) is 1.05. The van der Waals surface area contributed by atoms with Crippen LogP contribution in [0.3, 0.4) is 0 Å². The van der Waals surface area contributed by atoms with Gasteiger partial charge in [-0.2, -0.15) is 4.31 Å². The molecule has 0 bridgehead atoms. The largest absolute Gasteiger partial charge is 0.495 e. The first-order chi connectivity index (χ1) is 14.8. The third-order valence-electron chi connectivity index (χ3n) is 4.66. The Balaban J connectivity index is 1.91. The van der Waals surface area contributed by atoms with Crippen LogP contribution in [0.2, 0.25) is 0 Å². The lowest BCUT2D eigenvalue weighted by atomic mass is 10.2. The number of hydrogen-bond acceptors (Lipinski definition) is 4. The van der Waals surface area contributed by atoms with Gasteiger partial charge in [-0.05, 0) is 37.3 Å². The normalized spacial score (nSPS) is 11.4. The van der Waals surface area contributed by atoms with Gasteiger partial charge in [-0.15, -0.1) is 0 Å². The van der Waals surface area contributed by atoms with E-state index in [1.165, 1.54) is 37.4 Å². The molecule has 0 aliphatic heterocycles. The molecule has 0 atom stereocenters. The van der Waals surface area contributed by atoms with Gasteiger partial charge in [-0.1, -0.05) is 48.0 Å². The number of methoxy groups -OCH3 is 1. The Morgan fingerprint density at radius 3 is 2.32 bits per heavy atom. The molecule has 1 N–H and O–H groups in total. The van der Waals surface area contributed by atoms with Gasteiger partial charge in [-0.3, -0.25) is 4.79 Å². The molecule has 0 aliphatic carbocycles. The maximum absolute atomic E-state index is 14.2. The van der Waals surface area contributed by atoms with Gasteiger partial charge in [0.1, 0.15) is 11.6 Å². The van der Waals surface area contributed by atoms with Crippen molar-refractivity contribution in [2.24, 2.45) is 0 Å². The van der Waals surface area contributed by atoms with Crippen LogP contribution >= 0.6 is 0 Å². The highest BCUT2D eigenvalue weighted by molar-refractivity contribution is 7.89. The van der Waals surface area contributed by atoms with Gasteiger partial charge in [0, 0.05) is 12.1 Å².